The van der Waals surface area contributed by atoms with Crippen LogP contribution in [0.1, 0.15) is 23.0 Å². The maximum absolute atomic E-state index is 12.6. The summed E-state index contributed by atoms with van der Waals surface area (Å²) in [6.45, 7) is 1.73. The molecular weight excluding hydrogens is 372 g/mol. The average molecular weight is 392 g/mol. The van der Waals surface area contributed by atoms with Crippen LogP contribution in [-0.2, 0) is 11.4 Å². The second-order valence-electron chi connectivity index (χ2n) is 6.07. The number of carbonyl (C=O) groups excluding carboxylic acids is 2. The third kappa shape index (κ3) is 5.52. The van der Waals surface area contributed by atoms with Crippen LogP contribution < -0.4 is 20.1 Å². The van der Waals surface area contributed by atoms with Gasteiger partial charge in [0.15, 0.2) is 0 Å². The van der Waals surface area contributed by atoms with Gasteiger partial charge in [0.25, 0.3) is 5.91 Å². The molecule has 3 aromatic rings. The van der Waals surface area contributed by atoms with Gasteiger partial charge in [-0.3, -0.25) is 9.59 Å². The number of hydrogen-bond donors (Lipinski definition) is 2. The maximum atomic E-state index is 12.6. The summed E-state index contributed by atoms with van der Waals surface area (Å²) in [5.74, 6) is 0.0497. The summed E-state index contributed by atoms with van der Waals surface area (Å²) < 4.78 is 10.9. The van der Waals surface area contributed by atoms with E-state index in [4.69, 9.17) is 9.47 Å². The van der Waals surface area contributed by atoms with Gasteiger partial charge in [0, 0.05) is 18.7 Å². The zero-order chi connectivity index (χ0) is 20.6. The third-order valence-electron chi connectivity index (χ3n) is 3.87. The van der Waals surface area contributed by atoms with Gasteiger partial charge in [-0.05, 0) is 23.8 Å². The summed E-state index contributed by atoms with van der Waals surface area (Å²) in [5.41, 5.74) is 2.05. The van der Waals surface area contributed by atoms with Crippen molar-refractivity contribution in [3.8, 4) is 11.6 Å². The smallest absolute Gasteiger partial charge is 0.274 e. The number of methoxy groups -OCH3 is 1. The monoisotopic (exact) mass is 392 g/mol. The van der Waals surface area contributed by atoms with Crippen molar-refractivity contribution in [2.75, 3.05) is 17.7 Å². The van der Waals surface area contributed by atoms with Crippen LogP contribution in [0.5, 0.6) is 11.6 Å². The Hall–Kier alpha value is -3.94. The van der Waals surface area contributed by atoms with Crippen LogP contribution in [0.25, 0.3) is 0 Å². The van der Waals surface area contributed by atoms with Crippen LogP contribution in [0, 0.1) is 0 Å². The summed E-state index contributed by atoms with van der Waals surface area (Å²) in [7, 11) is 1.49. The standard InChI is InChI=1S/C21H20N4O4/c1-14(26)24-16-8-9-19(28-2)17(10-16)25-21(27)18-11-20(23-13-22-18)29-12-15-6-4-3-5-7-15/h3-11,13H,12H2,1-2H3,(H,24,26)(H,25,27). The van der Waals surface area contributed by atoms with Crippen molar-refractivity contribution in [3.63, 3.8) is 0 Å². The molecular formula is C21H20N4O4. The molecule has 0 radical (unpaired) electrons. The Morgan fingerprint density at radius 3 is 2.52 bits per heavy atom. The first-order valence-corrected chi connectivity index (χ1v) is 8.81. The Labute approximate surface area is 167 Å². The summed E-state index contributed by atoms with van der Waals surface area (Å²) in [6.07, 6.45) is 1.26. The van der Waals surface area contributed by atoms with Crippen LogP contribution in [0.15, 0.2) is 60.9 Å². The first kappa shape index (κ1) is 19.8. The highest BCUT2D eigenvalue weighted by molar-refractivity contribution is 6.04. The van der Waals surface area contributed by atoms with E-state index in [0.29, 0.717) is 23.7 Å². The van der Waals surface area contributed by atoms with Crippen molar-refractivity contribution in [1.29, 1.82) is 0 Å². The topological polar surface area (TPSA) is 102 Å². The minimum absolute atomic E-state index is 0.134. The van der Waals surface area contributed by atoms with Crippen LogP contribution in [0.2, 0.25) is 0 Å². The highest BCUT2D eigenvalue weighted by Gasteiger charge is 2.14. The average Bonchev–Trinajstić information content (AvgIpc) is 2.73. The van der Waals surface area contributed by atoms with Gasteiger partial charge in [-0.2, -0.15) is 0 Å². The first-order chi connectivity index (χ1) is 14.0. The fourth-order valence-electron chi connectivity index (χ4n) is 2.55. The van der Waals surface area contributed by atoms with Gasteiger partial charge in [0.2, 0.25) is 11.8 Å². The molecule has 0 saturated carbocycles. The molecule has 0 aliphatic carbocycles. The van der Waals surface area contributed by atoms with Crippen LogP contribution in [0.4, 0.5) is 11.4 Å². The Morgan fingerprint density at radius 2 is 1.79 bits per heavy atom. The van der Waals surface area contributed by atoms with Crippen molar-refractivity contribution in [2.24, 2.45) is 0 Å². The van der Waals surface area contributed by atoms with E-state index < -0.39 is 5.91 Å². The Kier molecular flexibility index (Phi) is 6.36. The van der Waals surface area contributed by atoms with E-state index in [1.165, 1.54) is 26.4 Å². The first-order valence-electron chi connectivity index (χ1n) is 8.81. The largest absolute Gasteiger partial charge is 0.495 e. The lowest BCUT2D eigenvalue weighted by Gasteiger charge is -2.12. The van der Waals surface area contributed by atoms with Gasteiger partial charge < -0.3 is 20.1 Å². The fourth-order valence-corrected chi connectivity index (χ4v) is 2.55. The number of aromatic nitrogens is 2. The molecule has 2 amide bonds. The highest BCUT2D eigenvalue weighted by Crippen LogP contribution is 2.28. The molecule has 29 heavy (non-hydrogen) atoms. The van der Waals surface area contributed by atoms with Crippen molar-refractivity contribution in [2.45, 2.75) is 13.5 Å². The predicted molar refractivity (Wildman–Crippen MR) is 108 cm³/mol. The van der Waals surface area contributed by atoms with E-state index in [2.05, 4.69) is 20.6 Å². The maximum Gasteiger partial charge on any atom is 0.274 e. The van der Waals surface area contributed by atoms with Crippen LogP contribution in [-0.4, -0.2) is 28.9 Å². The molecule has 0 bridgehead atoms. The lowest BCUT2D eigenvalue weighted by Crippen LogP contribution is -2.15. The number of rotatable bonds is 7. The normalized spacial score (nSPS) is 10.1. The van der Waals surface area contributed by atoms with E-state index in [0.717, 1.165) is 5.56 Å². The number of hydrogen-bond acceptors (Lipinski definition) is 6. The van der Waals surface area contributed by atoms with Gasteiger partial charge in [0.05, 0.1) is 12.8 Å². The molecule has 0 unspecified atom stereocenters. The molecule has 8 nitrogen and oxygen atoms in total. The SMILES string of the molecule is COc1ccc(NC(C)=O)cc1NC(=O)c1cc(OCc2ccccc2)ncn1. The molecule has 3 rings (SSSR count). The summed E-state index contributed by atoms with van der Waals surface area (Å²) >= 11 is 0. The van der Waals surface area contributed by atoms with Gasteiger partial charge in [-0.1, -0.05) is 30.3 Å². The molecule has 148 valence electrons. The number of carbonyl (C=O) groups is 2. The van der Waals surface area contributed by atoms with E-state index >= 15 is 0 Å². The van der Waals surface area contributed by atoms with Crippen molar-refractivity contribution >= 4 is 23.2 Å². The minimum atomic E-state index is -0.463. The molecule has 0 spiro atoms. The van der Waals surface area contributed by atoms with Gasteiger partial charge in [-0.15, -0.1) is 0 Å². The molecule has 0 saturated heterocycles. The second kappa shape index (κ2) is 9.32. The number of ether oxygens (including phenoxy) is 2. The van der Waals surface area contributed by atoms with E-state index in [9.17, 15) is 9.59 Å². The van der Waals surface area contributed by atoms with E-state index in [1.807, 2.05) is 30.3 Å². The molecule has 2 N–H and O–H groups in total. The molecule has 0 aliphatic heterocycles. The molecule has 0 fully saturated rings. The number of nitrogens with one attached hydrogen (secondary N) is 2. The van der Waals surface area contributed by atoms with E-state index in [-0.39, 0.29) is 17.5 Å². The lowest BCUT2D eigenvalue weighted by atomic mass is 10.2. The third-order valence-corrected chi connectivity index (χ3v) is 3.87. The minimum Gasteiger partial charge on any atom is -0.495 e. The highest BCUT2D eigenvalue weighted by atomic mass is 16.5. The van der Waals surface area contributed by atoms with Crippen LogP contribution >= 0.6 is 0 Å². The molecule has 8 heteroatoms. The molecule has 2 aromatic carbocycles. The van der Waals surface area contributed by atoms with E-state index in [1.54, 1.807) is 18.2 Å². The Balaban J connectivity index is 1.73. The predicted octanol–water partition coefficient (Wildman–Crippen LogP) is 3.27. The van der Waals surface area contributed by atoms with Gasteiger partial charge >= 0.3 is 0 Å². The lowest BCUT2D eigenvalue weighted by molar-refractivity contribution is -0.114. The summed E-state index contributed by atoms with van der Waals surface area (Å²) in [6, 6.07) is 16.0. The number of benzene rings is 2. The molecule has 1 aromatic heterocycles. The van der Waals surface area contributed by atoms with Crippen molar-refractivity contribution in [3.05, 3.63) is 72.2 Å². The molecule has 0 atom stereocenters. The van der Waals surface area contributed by atoms with Crippen molar-refractivity contribution < 1.29 is 19.1 Å². The Bertz CT molecular complexity index is 1010. The summed E-state index contributed by atoms with van der Waals surface area (Å²) in [5, 5.41) is 5.39. The van der Waals surface area contributed by atoms with Gasteiger partial charge in [-0.25, -0.2) is 9.97 Å². The number of anilines is 2. The molecule has 1 heterocycles. The molecule has 0 aliphatic rings. The zero-order valence-electron chi connectivity index (χ0n) is 16.0. The quantitative estimate of drug-likeness (QED) is 0.640. The fraction of sp³-hybridized carbons (Fsp3) is 0.143. The number of amides is 2. The Morgan fingerprint density at radius 1 is 1.00 bits per heavy atom. The van der Waals surface area contributed by atoms with Crippen molar-refractivity contribution in [1.82, 2.24) is 9.97 Å². The van der Waals surface area contributed by atoms with Crippen LogP contribution in [0.3, 0.4) is 0 Å². The zero-order valence-corrected chi connectivity index (χ0v) is 16.0. The van der Waals surface area contributed by atoms with Gasteiger partial charge in [0.1, 0.15) is 24.4 Å². The summed E-state index contributed by atoms with van der Waals surface area (Å²) in [4.78, 5) is 31.9. The second-order valence-corrected chi connectivity index (χ2v) is 6.07. The number of nitrogens with zero attached hydrogens (tertiary/aromatic N) is 2.